The molecule has 2 aromatic rings. The van der Waals surface area contributed by atoms with Gasteiger partial charge in [-0.25, -0.2) is 4.79 Å². The highest BCUT2D eigenvalue weighted by molar-refractivity contribution is 9.10. The van der Waals surface area contributed by atoms with E-state index in [1.54, 1.807) is 19.1 Å². The fourth-order valence-electron chi connectivity index (χ4n) is 1.89. The Morgan fingerprint density at radius 2 is 2.10 bits per heavy atom. The predicted octanol–water partition coefficient (Wildman–Crippen LogP) is 4.26. The molecule has 0 amide bonds. The van der Waals surface area contributed by atoms with Crippen LogP contribution in [0.2, 0.25) is 0 Å². The van der Waals surface area contributed by atoms with E-state index in [-0.39, 0.29) is 0 Å². The third-order valence-corrected chi connectivity index (χ3v) is 3.91. The number of esters is 1. The first-order chi connectivity index (χ1) is 10.0. The van der Waals surface area contributed by atoms with Gasteiger partial charge in [-0.05, 0) is 43.7 Å². The molecule has 0 saturated carbocycles. The largest absolute Gasteiger partial charge is 0.462 e. The highest BCUT2D eigenvalue weighted by Gasteiger charge is 2.13. The van der Waals surface area contributed by atoms with Gasteiger partial charge in [-0.3, -0.25) is 0 Å². The zero-order chi connectivity index (χ0) is 15.4. The van der Waals surface area contributed by atoms with Crippen LogP contribution in [0.25, 0.3) is 0 Å². The molecular formula is C16H17BrN2O2. The van der Waals surface area contributed by atoms with Crippen molar-refractivity contribution in [3.8, 4) is 0 Å². The van der Waals surface area contributed by atoms with E-state index in [0.717, 1.165) is 15.7 Å². The summed E-state index contributed by atoms with van der Waals surface area (Å²) in [6.07, 6.45) is 0. The van der Waals surface area contributed by atoms with Crippen LogP contribution in [0.5, 0.6) is 0 Å². The number of carbonyl (C=O) groups excluding carboxylic acids is 1. The Bertz CT molecular complexity index is 671. The van der Waals surface area contributed by atoms with Gasteiger partial charge in [0.25, 0.3) is 0 Å². The Hall–Kier alpha value is -2.01. The molecule has 0 fully saturated rings. The maximum absolute atomic E-state index is 11.8. The Labute approximate surface area is 132 Å². The number of halogens is 1. The summed E-state index contributed by atoms with van der Waals surface area (Å²) in [5.41, 5.74) is 9.52. The van der Waals surface area contributed by atoms with Crippen LogP contribution in [-0.2, 0) is 4.74 Å². The molecule has 0 atom stereocenters. The third kappa shape index (κ3) is 3.55. The van der Waals surface area contributed by atoms with Crippen LogP contribution in [0.3, 0.4) is 0 Å². The van der Waals surface area contributed by atoms with Crippen molar-refractivity contribution in [2.45, 2.75) is 13.8 Å². The average Bonchev–Trinajstić information content (AvgIpc) is 2.45. The molecule has 2 rings (SSSR count). The highest BCUT2D eigenvalue weighted by atomic mass is 79.9. The summed E-state index contributed by atoms with van der Waals surface area (Å²) in [4.78, 5) is 11.8. The van der Waals surface area contributed by atoms with E-state index in [4.69, 9.17) is 10.5 Å². The molecule has 0 aromatic heterocycles. The predicted molar refractivity (Wildman–Crippen MR) is 89.0 cm³/mol. The van der Waals surface area contributed by atoms with Gasteiger partial charge in [0, 0.05) is 10.2 Å². The molecule has 21 heavy (non-hydrogen) atoms. The van der Waals surface area contributed by atoms with E-state index >= 15 is 0 Å². The van der Waals surface area contributed by atoms with Gasteiger partial charge in [0.05, 0.1) is 23.5 Å². The number of anilines is 3. The second-order valence-electron chi connectivity index (χ2n) is 4.58. The number of nitrogens with two attached hydrogens (primary N) is 1. The summed E-state index contributed by atoms with van der Waals surface area (Å²) in [5, 5.41) is 3.21. The summed E-state index contributed by atoms with van der Waals surface area (Å²) < 4.78 is 6.00. The SMILES string of the molecule is CCOC(=O)c1cccc(Nc2ccc(C)c(Br)c2)c1N. The van der Waals surface area contributed by atoms with Crippen LogP contribution in [-0.4, -0.2) is 12.6 Å². The molecule has 3 N–H and O–H groups in total. The van der Waals surface area contributed by atoms with Gasteiger partial charge in [0.2, 0.25) is 0 Å². The first kappa shape index (κ1) is 15.4. The van der Waals surface area contributed by atoms with Crippen LogP contribution in [0, 0.1) is 6.92 Å². The molecule has 2 aromatic carbocycles. The topological polar surface area (TPSA) is 64.3 Å². The number of para-hydroxylation sites is 1. The number of rotatable bonds is 4. The first-order valence-electron chi connectivity index (χ1n) is 6.61. The van der Waals surface area contributed by atoms with Crippen LogP contribution < -0.4 is 11.1 Å². The standard InChI is InChI=1S/C16H17BrN2O2/c1-3-21-16(20)12-5-4-6-14(15(12)18)19-11-8-7-10(2)13(17)9-11/h4-9,19H,3,18H2,1-2H3. The molecule has 0 bridgehead atoms. The van der Waals surface area contributed by atoms with Crippen molar-refractivity contribution >= 4 is 39.0 Å². The maximum Gasteiger partial charge on any atom is 0.340 e. The molecule has 0 aliphatic rings. The summed E-state index contributed by atoms with van der Waals surface area (Å²) in [6.45, 7) is 4.10. The van der Waals surface area contributed by atoms with Gasteiger partial charge in [-0.1, -0.05) is 28.1 Å². The van der Waals surface area contributed by atoms with Gasteiger partial charge < -0.3 is 15.8 Å². The molecule has 0 heterocycles. The van der Waals surface area contributed by atoms with Gasteiger partial charge in [0.15, 0.2) is 0 Å². The molecule has 0 saturated heterocycles. The fourth-order valence-corrected chi connectivity index (χ4v) is 2.27. The number of carbonyl (C=O) groups is 1. The zero-order valence-corrected chi connectivity index (χ0v) is 13.5. The molecular weight excluding hydrogens is 332 g/mol. The van der Waals surface area contributed by atoms with E-state index < -0.39 is 5.97 Å². The summed E-state index contributed by atoms with van der Waals surface area (Å²) in [5.74, 6) is -0.413. The van der Waals surface area contributed by atoms with E-state index in [1.165, 1.54) is 0 Å². The van der Waals surface area contributed by atoms with E-state index in [1.807, 2.05) is 31.2 Å². The number of hydrogen-bond donors (Lipinski definition) is 2. The van der Waals surface area contributed by atoms with Gasteiger partial charge >= 0.3 is 5.97 Å². The number of hydrogen-bond acceptors (Lipinski definition) is 4. The maximum atomic E-state index is 11.8. The van der Waals surface area contributed by atoms with Crippen molar-refractivity contribution in [2.75, 3.05) is 17.7 Å². The lowest BCUT2D eigenvalue weighted by Gasteiger charge is -2.13. The zero-order valence-electron chi connectivity index (χ0n) is 11.9. The minimum atomic E-state index is -0.413. The summed E-state index contributed by atoms with van der Waals surface area (Å²) in [7, 11) is 0. The lowest BCUT2D eigenvalue weighted by atomic mass is 10.1. The first-order valence-corrected chi connectivity index (χ1v) is 7.41. The second kappa shape index (κ2) is 6.63. The normalized spacial score (nSPS) is 10.2. The average molecular weight is 349 g/mol. The van der Waals surface area contributed by atoms with Gasteiger partial charge in [0.1, 0.15) is 0 Å². The van der Waals surface area contributed by atoms with Gasteiger partial charge in [-0.2, -0.15) is 0 Å². The lowest BCUT2D eigenvalue weighted by Crippen LogP contribution is -2.09. The van der Waals surface area contributed by atoms with Crippen molar-refractivity contribution in [3.63, 3.8) is 0 Å². The van der Waals surface area contributed by atoms with Crippen LogP contribution in [0.4, 0.5) is 17.1 Å². The van der Waals surface area contributed by atoms with Gasteiger partial charge in [-0.15, -0.1) is 0 Å². The number of aryl methyl sites for hydroxylation is 1. The second-order valence-corrected chi connectivity index (χ2v) is 5.43. The van der Waals surface area contributed by atoms with E-state index in [0.29, 0.717) is 23.5 Å². The highest BCUT2D eigenvalue weighted by Crippen LogP contribution is 2.29. The van der Waals surface area contributed by atoms with Crippen molar-refractivity contribution in [3.05, 3.63) is 52.0 Å². The van der Waals surface area contributed by atoms with Crippen LogP contribution in [0.1, 0.15) is 22.8 Å². The minimum Gasteiger partial charge on any atom is -0.462 e. The van der Waals surface area contributed by atoms with Crippen LogP contribution >= 0.6 is 15.9 Å². The Morgan fingerprint density at radius 3 is 2.76 bits per heavy atom. The minimum absolute atomic E-state index is 0.320. The lowest BCUT2D eigenvalue weighted by molar-refractivity contribution is 0.0527. The molecule has 0 aliphatic carbocycles. The monoisotopic (exact) mass is 348 g/mol. The Kier molecular flexibility index (Phi) is 4.85. The molecule has 4 nitrogen and oxygen atoms in total. The molecule has 0 radical (unpaired) electrons. The van der Waals surface area contributed by atoms with Crippen molar-refractivity contribution in [1.82, 2.24) is 0 Å². The molecule has 0 spiro atoms. The molecule has 0 aliphatic heterocycles. The van der Waals surface area contributed by atoms with Crippen molar-refractivity contribution < 1.29 is 9.53 Å². The molecule has 0 unspecified atom stereocenters. The number of nitrogens with one attached hydrogen (secondary N) is 1. The van der Waals surface area contributed by atoms with Crippen molar-refractivity contribution in [1.29, 1.82) is 0 Å². The van der Waals surface area contributed by atoms with Crippen molar-refractivity contribution in [2.24, 2.45) is 0 Å². The van der Waals surface area contributed by atoms with E-state index in [2.05, 4.69) is 21.2 Å². The smallest absolute Gasteiger partial charge is 0.340 e. The molecule has 5 heteroatoms. The van der Waals surface area contributed by atoms with E-state index in [9.17, 15) is 4.79 Å². The summed E-state index contributed by atoms with van der Waals surface area (Å²) >= 11 is 3.49. The Balaban J connectivity index is 2.30. The number of benzene rings is 2. The number of ether oxygens (including phenoxy) is 1. The summed E-state index contributed by atoms with van der Waals surface area (Å²) in [6, 6.07) is 11.2. The number of nitrogen functional groups attached to an aromatic ring is 1. The Morgan fingerprint density at radius 1 is 1.33 bits per heavy atom. The quantitative estimate of drug-likeness (QED) is 0.639. The van der Waals surface area contributed by atoms with Crippen LogP contribution in [0.15, 0.2) is 40.9 Å². The third-order valence-electron chi connectivity index (χ3n) is 3.05. The fraction of sp³-hybridized carbons (Fsp3) is 0.188. The molecule has 110 valence electrons.